The smallest absolute Gasteiger partial charge is 0.229 e. The van der Waals surface area contributed by atoms with Gasteiger partial charge in [-0.3, -0.25) is 4.98 Å². The first-order valence-electron chi connectivity index (χ1n) is 7.79. The maximum absolute atomic E-state index is 6.15. The Morgan fingerprint density at radius 2 is 1.76 bits per heavy atom. The van der Waals surface area contributed by atoms with Crippen LogP contribution in [0.3, 0.4) is 0 Å². The lowest BCUT2D eigenvalue weighted by Crippen LogP contribution is -2.02. The van der Waals surface area contributed by atoms with E-state index in [1.807, 2.05) is 50.2 Å². The molecule has 0 fully saturated rings. The second-order valence-electron chi connectivity index (χ2n) is 5.74. The number of nitrogen functional groups attached to an aromatic ring is 1. The summed E-state index contributed by atoms with van der Waals surface area (Å²) in [5.41, 5.74) is 10.6. The highest BCUT2D eigenvalue weighted by Crippen LogP contribution is 2.32. The molecule has 4 aromatic rings. The van der Waals surface area contributed by atoms with Crippen molar-refractivity contribution in [3.05, 3.63) is 54.0 Å². The summed E-state index contributed by atoms with van der Waals surface area (Å²) >= 11 is 1.58. The molecule has 3 N–H and O–H groups in total. The van der Waals surface area contributed by atoms with Crippen LogP contribution in [0.5, 0.6) is 0 Å². The molecule has 3 heterocycles. The normalized spacial score (nSPS) is 11.0. The van der Waals surface area contributed by atoms with E-state index in [-0.39, 0.29) is 0 Å². The fourth-order valence-electron chi connectivity index (χ4n) is 2.64. The number of hydrogen-bond donors (Lipinski definition) is 2. The van der Waals surface area contributed by atoms with Gasteiger partial charge in [0.05, 0.1) is 15.8 Å². The molecule has 0 atom stereocenters. The van der Waals surface area contributed by atoms with Crippen LogP contribution in [-0.2, 0) is 0 Å². The molecule has 0 radical (unpaired) electrons. The predicted octanol–water partition coefficient (Wildman–Crippen LogP) is 4.09. The van der Waals surface area contributed by atoms with Crippen LogP contribution >= 0.6 is 11.3 Å². The highest BCUT2D eigenvalue weighted by Gasteiger charge is 2.12. The maximum atomic E-state index is 6.15. The summed E-state index contributed by atoms with van der Waals surface area (Å²) in [5, 5.41) is 3.99. The first-order valence-corrected chi connectivity index (χ1v) is 8.61. The van der Waals surface area contributed by atoms with Crippen molar-refractivity contribution in [1.29, 1.82) is 0 Å². The van der Waals surface area contributed by atoms with Gasteiger partial charge in [-0.2, -0.15) is 4.98 Å². The van der Waals surface area contributed by atoms with Gasteiger partial charge in [-0.15, -0.1) is 11.3 Å². The molecule has 25 heavy (non-hydrogen) atoms. The van der Waals surface area contributed by atoms with Gasteiger partial charge in [0.2, 0.25) is 5.95 Å². The Balaban J connectivity index is 1.66. The van der Waals surface area contributed by atoms with E-state index >= 15 is 0 Å². The highest BCUT2D eigenvalue weighted by molar-refractivity contribution is 7.21. The molecule has 0 aliphatic heterocycles. The zero-order chi connectivity index (χ0) is 17.4. The molecule has 0 saturated carbocycles. The van der Waals surface area contributed by atoms with Crippen molar-refractivity contribution in [3.63, 3.8) is 0 Å². The van der Waals surface area contributed by atoms with Crippen LogP contribution in [0.25, 0.3) is 20.8 Å². The minimum Gasteiger partial charge on any atom is -0.383 e. The maximum Gasteiger partial charge on any atom is 0.229 e. The SMILES string of the molecule is Cc1cc(Nc2ncc(-c3nc4ccccc4s3)c(N)n2)cc(C)n1. The monoisotopic (exact) mass is 348 g/mol. The molecule has 0 saturated heterocycles. The van der Waals surface area contributed by atoms with Gasteiger partial charge in [-0.05, 0) is 38.1 Å². The number of benzene rings is 1. The van der Waals surface area contributed by atoms with E-state index in [0.717, 1.165) is 37.9 Å². The van der Waals surface area contributed by atoms with E-state index in [0.29, 0.717) is 11.8 Å². The molecule has 6 nitrogen and oxygen atoms in total. The summed E-state index contributed by atoms with van der Waals surface area (Å²) in [6.07, 6.45) is 1.71. The largest absolute Gasteiger partial charge is 0.383 e. The second kappa shape index (κ2) is 6.10. The number of fused-ring (bicyclic) bond motifs is 1. The summed E-state index contributed by atoms with van der Waals surface area (Å²) in [7, 11) is 0. The van der Waals surface area contributed by atoms with Crippen molar-refractivity contribution in [2.45, 2.75) is 13.8 Å². The van der Waals surface area contributed by atoms with Gasteiger partial charge in [0.15, 0.2) is 0 Å². The van der Waals surface area contributed by atoms with Crippen LogP contribution in [0.4, 0.5) is 17.5 Å². The van der Waals surface area contributed by atoms with E-state index < -0.39 is 0 Å². The van der Waals surface area contributed by atoms with Crippen molar-refractivity contribution in [2.75, 3.05) is 11.1 Å². The molecule has 1 aromatic carbocycles. The van der Waals surface area contributed by atoms with Gasteiger partial charge in [-0.1, -0.05) is 12.1 Å². The molecule has 0 aliphatic rings. The molecule has 0 unspecified atom stereocenters. The Bertz CT molecular complexity index is 1020. The van der Waals surface area contributed by atoms with E-state index in [2.05, 4.69) is 25.3 Å². The van der Waals surface area contributed by atoms with Crippen LogP contribution in [0.2, 0.25) is 0 Å². The van der Waals surface area contributed by atoms with Crippen LogP contribution in [0.15, 0.2) is 42.6 Å². The lowest BCUT2D eigenvalue weighted by atomic mass is 10.3. The van der Waals surface area contributed by atoms with Crippen LogP contribution in [-0.4, -0.2) is 19.9 Å². The Hall–Kier alpha value is -3.06. The number of nitrogens with zero attached hydrogens (tertiary/aromatic N) is 4. The molecule has 3 aromatic heterocycles. The summed E-state index contributed by atoms with van der Waals surface area (Å²) in [4.78, 5) is 17.7. The van der Waals surface area contributed by atoms with Crippen molar-refractivity contribution < 1.29 is 0 Å². The standard InChI is InChI=1S/C18H16N6S/c1-10-7-12(8-11(2)21-10)22-18-20-9-13(16(19)24-18)17-23-14-5-3-4-6-15(14)25-17/h3-9H,1-2H3,(H3,19,20,21,22,24). The molecule has 0 amide bonds. The fourth-order valence-corrected chi connectivity index (χ4v) is 3.63. The van der Waals surface area contributed by atoms with Crippen LogP contribution in [0, 0.1) is 13.8 Å². The number of nitrogens with one attached hydrogen (secondary N) is 1. The summed E-state index contributed by atoms with van der Waals surface area (Å²) in [5.74, 6) is 0.853. The molecular formula is C18H16N6S. The highest BCUT2D eigenvalue weighted by atomic mass is 32.1. The Morgan fingerprint density at radius 1 is 1.00 bits per heavy atom. The van der Waals surface area contributed by atoms with Gasteiger partial charge in [0.1, 0.15) is 10.8 Å². The molecule has 124 valence electrons. The first-order chi connectivity index (χ1) is 12.1. The van der Waals surface area contributed by atoms with E-state index in [1.54, 1.807) is 17.5 Å². The molecular weight excluding hydrogens is 332 g/mol. The first kappa shape index (κ1) is 15.5. The zero-order valence-corrected chi connectivity index (χ0v) is 14.6. The van der Waals surface area contributed by atoms with Crippen LogP contribution < -0.4 is 11.1 Å². The third kappa shape index (κ3) is 3.14. The molecule has 0 bridgehead atoms. The van der Waals surface area contributed by atoms with E-state index in [9.17, 15) is 0 Å². The Labute approximate surface area is 148 Å². The summed E-state index contributed by atoms with van der Waals surface area (Å²) in [6, 6.07) is 11.9. The molecule has 0 spiro atoms. The zero-order valence-electron chi connectivity index (χ0n) is 13.8. The average Bonchev–Trinajstić information content (AvgIpc) is 2.97. The second-order valence-corrected chi connectivity index (χ2v) is 6.77. The Morgan fingerprint density at radius 3 is 2.48 bits per heavy atom. The number of hydrogen-bond acceptors (Lipinski definition) is 7. The van der Waals surface area contributed by atoms with Crippen molar-refractivity contribution >= 4 is 39.0 Å². The van der Waals surface area contributed by atoms with Gasteiger partial charge < -0.3 is 11.1 Å². The number of aromatic nitrogens is 4. The topological polar surface area (TPSA) is 89.6 Å². The Kier molecular flexibility index (Phi) is 3.77. The van der Waals surface area contributed by atoms with Gasteiger partial charge in [0, 0.05) is 23.3 Å². The lowest BCUT2D eigenvalue weighted by Gasteiger charge is -2.08. The molecule has 4 rings (SSSR count). The summed E-state index contributed by atoms with van der Waals surface area (Å²) < 4.78 is 1.11. The third-order valence-corrected chi connectivity index (χ3v) is 4.75. The summed E-state index contributed by atoms with van der Waals surface area (Å²) in [6.45, 7) is 3.90. The molecule has 7 heteroatoms. The minimum absolute atomic E-state index is 0.402. The fraction of sp³-hybridized carbons (Fsp3) is 0.111. The van der Waals surface area contributed by atoms with Crippen molar-refractivity contribution in [3.8, 4) is 10.6 Å². The number of pyridine rings is 1. The minimum atomic E-state index is 0.402. The average molecular weight is 348 g/mol. The number of thiazole rings is 1. The number of rotatable bonds is 3. The predicted molar refractivity (Wildman–Crippen MR) is 102 cm³/mol. The number of anilines is 3. The van der Waals surface area contributed by atoms with Crippen LogP contribution in [0.1, 0.15) is 11.4 Å². The van der Waals surface area contributed by atoms with Gasteiger partial charge in [0.25, 0.3) is 0 Å². The molecule has 0 aliphatic carbocycles. The van der Waals surface area contributed by atoms with Gasteiger partial charge in [-0.25, -0.2) is 9.97 Å². The van der Waals surface area contributed by atoms with Crippen molar-refractivity contribution in [1.82, 2.24) is 19.9 Å². The van der Waals surface area contributed by atoms with Gasteiger partial charge >= 0.3 is 0 Å². The quantitative estimate of drug-likeness (QED) is 0.579. The number of nitrogens with two attached hydrogens (primary N) is 1. The van der Waals surface area contributed by atoms with E-state index in [4.69, 9.17) is 5.73 Å². The lowest BCUT2D eigenvalue weighted by molar-refractivity contribution is 1.11. The number of aryl methyl sites for hydroxylation is 2. The number of para-hydroxylation sites is 1. The third-order valence-electron chi connectivity index (χ3n) is 3.68. The van der Waals surface area contributed by atoms with E-state index in [1.165, 1.54) is 0 Å². The van der Waals surface area contributed by atoms with Crippen molar-refractivity contribution in [2.24, 2.45) is 0 Å².